The van der Waals surface area contributed by atoms with Gasteiger partial charge in [-0.1, -0.05) is 37.3 Å². The van der Waals surface area contributed by atoms with Gasteiger partial charge < -0.3 is 10.1 Å². The Hall–Kier alpha value is -2.91. The number of nitrogens with zero attached hydrogens (tertiary/aromatic N) is 2. The van der Waals surface area contributed by atoms with Crippen molar-refractivity contribution in [2.75, 3.05) is 18.4 Å². The number of hydrogen-bond donors (Lipinski definition) is 1. The van der Waals surface area contributed by atoms with Crippen LogP contribution < -0.4 is 5.32 Å². The molecule has 5 nitrogen and oxygen atoms in total. The van der Waals surface area contributed by atoms with Crippen molar-refractivity contribution >= 4 is 11.9 Å². The van der Waals surface area contributed by atoms with Crippen LogP contribution >= 0.6 is 0 Å². The van der Waals surface area contributed by atoms with Crippen LogP contribution in [0.2, 0.25) is 0 Å². The number of alkyl halides is 5. The average Bonchev–Trinajstić information content (AvgIpc) is 2.71. The van der Waals surface area contributed by atoms with Crippen LogP contribution in [0.1, 0.15) is 24.5 Å². The summed E-state index contributed by atoms with van der Waals surface area (Å²) in [6, 6.07) is 10.2. The maximum absolute atomic E-state index is 14.1. The molecule has 0 spiro atoms. The van der Waals surface area contributed by atoms with Crippen LogP contribution in [0.5, 0.6) is 0 Å². The predicted octanol–water partition coefficient (Wildman–Crippen LogP) is 5.19. The number of rotatable bonds is 5. The van der Waals surface area contributed by atoms with E-state index in [0.717, 1.165) is 22.6 Å². The minimum Gasteiger partial charge on any atom is -0.445 e. The molecule has 1 fully saturated rings. The Balaban J connectivity index is 1.67. The lowest BCUT2D eigenvalue weighted by molar-refractivity contribution is -0.137. The monoisotopic (exact) mass is 443 g/mol. The number of nitrogens with one attached hydrogen (secondary N) is 1. The van der Waals surface area contributed by atoms with Gasteiger partial charge in [-0.05, 0) is 23.6 Å². The van der Waals surface area contributed by atoms with Gasteiger partial charge >= 0.3 is 12.3 Å². The molecule has 2 atom stereocenters. The second-order valence-electron chi connectivity index (χ2n) is 7.58. The second kappa shape index (κ2) is 9.07. The van der Waals surface area contributed by atoms with Crippen LogP contribution in [-0.4, -0.2) is 41.0 Å². The number of benzene rings is 1. The molecule has 1 aliphatic heterocycles. The molecule has 0 radical (unpaired) electrons. The first-order chi connectivity index (χ1) is 14.5. The van der Waals surface area contributed by atoms with Crippen molar-refractivity contribution in [3.05, 3.63) is 59.8 Å². The maximum Gasteiger partial charge on any atom is 0.417 e. The quantitative estimate of drug-likeness (QED) is 0.646. The molecule has 31 heavy (non-hydrogen) atoms. The number of amides is 1. The van der Waals surface area contributed by atoms with Gasteiger partial charge in [0.2, 0.25) is 0 Å². The SMILES string of the molecule is C[C@@H]1CC(F)(F)CN(C(=O)OCc2ccccc2)[C@@H]1CNc1ccc(C(F)(F)F)cn1. The van der Waals surface area contributed by atoms with Crippen LogP contribution in [0, 0.1) is 5.92 Å². The number of piperidine rings is 1. The summed E-state index contributed by atoms with van der Waals surface area (Å²) in [6.45, 7) is 0.779. The number of likely N-dealkylation sites (tertiary alicyclic amines) is 1. The van der Waals surface area contributed by atoms with Gasteiger partial charge in [0, 0.05) is 19.2 Å². The zero-order chi connectivity index (χ0) is 22.6. The highest BCUT2D eigenvalue weighted by atomic mass is 19.4. The topological polar surface area (TPSA) is 54.5 Å². The lowest BCUT2D eigenvalue weighted by atomic mass is 9.88. The zero-order valence-electron chi connectivity index (χ0n) is 16.7. The number of hydrogen-bond acceptors (Lipinski definition) is 4. The molecule has 1 N–H and O–H groups in total. The Bertz CT molecular complexity index is 875. The van der Waals surface area contributed by atoms with Crippen molar-refractivity contribution < 1.29 is 31.5 Å². The van der Waals surface area contributed by atoms with E-state index in [1.807, 2.05) is 0 Å². The van der Waals surface area contributed by atoms with Gasteiger partial charge in [0.15, 0.2) is 0 Å². The van der Waals surface area contributed by atoms with Crippen LogP contribution in [0.25, 0.3) is 0 Å². The van der Waals surface area contributed by atoms with Crippen LogP contribution in [0.4, 0.5) is 32.6 Å². The Morgan fingerprint density at radius 3 is 2.55 bits per heavy atom. The summed E-state index contributed by atoms with van der Waals surface area (Å²) >= 11 is 0. The van der Waals surface area contributed by atoms with Crippen molar-refractivity contribution in [1.82, 2.24) is 9.88 Å². The molecule has 3 rings (SSSR count). The van der Waals surface area contributed by atoms with E-state index < -0.39 is 48.7 Å². The lowest BCUT2D eigenvalue weighted by Crippen LogP contribution is -2.57. The average molecular weight is 443 g/mol. The fourth-order valence-electron chi connectivity index (χ4n) is 3.53. The van der Waals surface area contributed by atoms with E-state index in [1.54, 1.807) is 37.3 Å². The maximum atomic E-state index is 14.1. The lowest BCUT2D eigenvalue weighted by Gasteiger charge is -2.42. The molecule has 0 saturated carbocycles. The van der Waals surface area contributed by atoms with Crippen molar-refractivity contribution in [2.45, 2.75) is 38.1 Å². The molecular formula is C21H22F5N3O2. The Kier molecular flexibility index (Phi) is 6.66. The van der Waals surface area contributed by atoms with Crippen LogP contribution in [-0.2, 0) is 17.5 Å². The largest absolute Gasteiger partial charge is 0.445 e. The fourth-order valence-corrected chi connectivity index (χ4v) is 3.53. The molecule has 1 aromatic carbocycles. The molecule has 1 aromatic heterocycles. The molecule has 2 aromatic rings. The molecule has 168 valence electrons. The Labute approximate surface area is 176 Å². The first-order valence-electron chi connectivity index (χ1n) is 9.67. The Morgan fingerprint density at radius 2 is 1.94 bits per heavy atom. The highest BCUT2D eigenvalue weighted by molar-refractivity contribution is 5.68. The van der Waals surface area contributed by atoms with E-state index >= 15 is 0 Å². The minimum atomic E-state index is -4.51. The molecule has 0 unspecified atom stereocenters. The van der Waals surface area contributed by atoms with Crippen molar-refractivity contribution in [1.29, 1.82) is 0 Å². The molecule has 1 amide bonds. The van der Waals surface area contributed by atoms with Gasteiger partial charge in [0.25, 0.3) is 5.92 Å². The summed E-state index contributed by atoms with van der Waals surface area (Å²) in [5.41, 5.74) is -0.175. The number of pyridine rings is 1. The van der Waals surface area contributed by atoms with Gasteiger partial charge in [-0.15, -0.1) is 0 Å². The summed E-state index contributed by atoms with van der Waals surface area (Å²) in [5.74, 6) is -3.49. The molecule has 0 bridgehead atoms. The number of carbonyl (C=O) groups excluding carboxylic acids is 1. The van der Waals surface area contributed by atoms with E-state index in [2.05, 4.69) is 10.3 Å². The molecule has 0 aliphatic carbocycles. The van der Waals surface area contributed by atoms with E-state index in [-0.39, 0.29) is 19.0 Å². The summed E-state index contributed by atoms with van der Waals surface area (Å²) in [5, 5.41) is 2.84. The van der Waals surface area contributed by atoms with Crippen LogP contribution in [0.15, 0.2) is 48.7 Å². The van der Waals surface area contributed by atoms with Gasteiger partial charge in [-0.2, -0.15) is 13.2 Å². The van der Waals surface area contributed by atoms with Crippen LogP contribution in [0.3, 0.4) is 0 Å². The zero-order valence-corrected chi connectivity index (χ0v) is 16.7. The van der Waals surface area contributed by atoms with E-state index in [9.17, 15) is 26.7 Å². The van der Waals surface area contributed by atoms with Gasteiger partial charge in [0.05, 0.1) is 18.2 Å². The van der Waals surface area contributed by atoms with Gasteiger partial charge in [-0.25, -0.2) is 18.6 Å². The predicted molar refractivity (Wildman–Crippen MR) is 104 cm³/mol. The number of carbonyl (C=O) groups is 1. The third-order valence-electron chi connectivity index (χ3n) is 5.10. The summed E-state index contributed by atoms with van der Waals surface area (Å²) in [6.07, 6.45) is -5.11. The van der Waals surface area contributed by atoms with Crippen molar-refractivity contribution in [2.24, 2.45) is 5.92 Å². The van der Waals surface area contributed by atoms with Crippen molar-refractivity contribution in [3.63, 3.8) is 0 Å². The third kappa shape index (κ3) is 6.05. The molecule has 1 aliphatic rings. The number of anilines is 1. The third-order valence-corrected chi connectivity index (χ3v) is 5.10. The Morgan fingerprint density at radius 1 is 1.23 bits per heavy atom. The van der Waals surface area contributed by atoms with E-state index in [0.29, 0.717) is 6.20 Å². The number of ether oxygens (including phenoxy) is 1. The minimum absolute atomic E-state index is 0.0377. The number of halogens is 5. The normalized spacial score (nSPS) is 20.9. The number of aromatic nitrogens is 1. The first-order valence-corrected chi connectivity index (χ1v) is 9.67. The molecule has 1 saturated heterocycles. The highest BCUT2D eigenvalue weighted by Crippen LogP contribution is 2.35. The molecule has 10 heteroatoms. The van der Waals surface area contributed by atoms with E-state index in [4.69, 9.17) is 4.74 Å². The molecular weight excluding hydrogens is 421 g/mol. The highest BCUT2D eigenvalue weighted by Gasteiger charge is 2.46. The van der Waals surface area contributed by atoms with Crippen molar-refractivity contribution in [3.8, 4) is 0 Å². The van der Waals surface area contributed by atoms with Gasteiger partial charge in [-0.3, -0.25) is 4.90 Å². The first kappa shape index (κ1) is 22.8. The summed E-state index contributed by atoms with van der Waals surface area (Å²) < 4.78 is 71.5. The van der Waals surface area contributed by atoms with E-state index in [1.165, 1.54) is 0 Å². The standard InChI is InChI=1S/C21H22F5N3O2/c1-14-9-20(22,23)13-29(19(30)31-12-15-5-3-2-4-6-15)17(14)11-28-18-8-7-16(10-27-18)21(24,25)26/h2-8,10,14,17H,9,11-13H2,1H3,(H,27,28)/t14-,17-/m1/s1. The smallest absolute Gasteiger partial charge is 0.417 e. The van der Waals surface area contributed by atoms with Gasteiger partial charge in [0.1, 0.15) is 12.4 Å². The fraction of sp³-hybridized carbons (Fsp3) is 0.429. The summed E-state index contributed by atoms with van der Waals surface area (Å²) in [4.78, 5) is 17.3. The summed E-state index contributed by atoms with van der Waals surface area (Å²) in [7, 11) is 0. The second-order valence-corrected chi connectivity index (χ2v) is 7.58. The molecule has 2 heterocycles.